The van der Waals surface area contributed by atoms with Crippen molar-refractivity contribution >= 4 is 28.7 Å². The van der Waals surface area contributed by atoms with Crippen LogP contribution in [-0.2, 0) is 4.79 Å². The molecule has 0 saturated carbocycles. The SMILES string of the molecule is NC(=O)COc1ccc(C=Nn2c(=O)[nH]c3ccccc3c2=O)cc1[N+](=O)[O-]. The third-order valence-electron chi connectivity index (χ3n) is 3.66. The van der Waals surface area contributed by atoms with E-state index in [4.69, 9.17) is 10.5 Å². The summed E-state index contributed by atoms with van der Waals surface area (Å²) in [5.41, 5.74) is 3.75. The highest BCUT2D eigenvalue weighted by atomic mass is 16.6. The molecular weight excluding hydrogens is 370 g/mol. The molecule has 0 aliphatic carbocycles. The van der Waals surface area contributed by atoms with Gasteiger partial charge in [0.05, 0.1) is 22.0 Å². The van der Waals surface area contributed by atoms with E-state index in [9.17, 15) is 24.5 Å². The minimum atomic E-state index is -0.783. The molecular formula is C17H13N5O6. The number of carbonyl (C=O) groups is 1. The van der Waals surface area contributed by atoms with Gasteiger partial charge in [0.15, 0.2) is 12.4 Å². The van der Waals surface area contributed by atoms with Crippen LogP contribution in [-0.4, -0.2) is 33.3 Å². The van der Waals surface area contributed by atoms with Crippen LogP contribution in [0.5, 0.6) is 5.75 Å². The number of amides is 1. The summed E-state index contributed by atoms with van der Waals surface area (Å²) in [5, 5.41) is 15.3. The number of nitrogens with two attached hydrogens (primary N) is 1. The number of aromatic amines is 1. The quantitative estimate of drug-likeness (QED) is 0.354. The molecule has 1 amide bonds. The molecule has 3 N–H and O–H groups in total. The molecule has 2 aromatic carbocycles. The largest absolute Gasteiger partial charge is 0.477 e. The lowest BCUT2D eigenvalue weighted by molar-refractivity contribution is -0.385. The maximum atomic E-state index is 12.4. The lowest BCUT2D eigenvalue weighted by Crippen LogP contribution is -2.32. The molecule has 0 aliphatic heterocycles. The standard InChI is InChI=1S/C17H13N5O6/c18-15(23)9-28-14-6-5-10(7-13(14)22(26)27)8-19-21-16(24)11-3-1-2-4-12(11)20-17(21)25/h1-8H,9H2,(H2,18,23)(H,20,25). The highest BCUT2D eigenvalue weighted by Crippen LogP contribution is 2.27. The van der Waals surface area contributed by atoms with Gasteiger partial charge in [0.1, 0.15) is 0 Å². The average molecular weight is 383 g/mol. The first-order valence-electron chi connectivity index (χ1n) is 7.85. The second-order valence-electron chi connectivity index (χ2n) is 5.58. The molecule has 3 rings (SSSR count). The lowest BCUT2D eigenvalue weighted by Gasteiger charge is -2.05. The van der Waals surface area contributed by atoms with Crippen LogP contribution in [0.4, 0.5) is 5.69 Å². The van der Waals surface area contributed by atoms with Gasteiger partial charge in [0.25, 0.3) is 11.5 Å². The molecule has 11 nitrogen and oxygen atoms in total. The van der Waals surface area contributed by atoms with Gasteiger partial charge in [-0.2, -0.15) is 5.10 Å². The molecule has 0 fully saturated rings. The van der Waals surface area contributed by atoms with Crippen molar-refractivity contribution < 1.29 is 14.5 Å². The first-order valence-corrected chi connectivity index (χ1v) is 7.85. The normalized spacial score (nSPS) is 11.0. The summed E-state index contributed by atoms with van der Waals surface area (Å²) in [6.45, 7) is -0.518. The van der Waals surface area contributed by atoms with E-state index in [0.717, 1.165) is 12.3 Å². The number of nitro groups is 1. The van der Waals surface area contributed by atoms with Crippen LogP contribution in [0, 0.1) is 10.1 Å². The number of aromatic nitrogens is 2. The zero-order chi connectivity index (χ0) is 20.3. The van der Waals surface area contributed by atoms with Gasteiger partial charge in [-0.25, -0.2) is 4.79 Å². The summed E-state index contributed by atoms with van der Waals surface area (Å²) in [5.74, 6) is -0.934. The number of fused-ring (bicyclic) bond motifs is 1. The van der Waals surface area contributed by atoms with Crippen LogP contribution < -0.4 is 21.7 Å². The van der Waals surface area contributed by atoms with Crippen LogP contribution in [0.1, 0.15) is 5.56 Å². The van der Waals surface area contributed by atoms with Crippen LogP contribution in [0.3, 0.4) is 0 Å². The summed E-state index contributed by atoms with van der Waals surface area (Å²) < 4.78 is 5.61. The molecule has 3 aromatic rings. The molecule has 28 heavy (non-hydrogen) atoms. The minimum Gasteiger partial charge on any atom is -0.477 e. The second-order valence-corrected chi connectivity index (χ2v) is 5.58. The van der Waals surface area contributed by atoms with E-state index < -0.39 is 34.4 Å². The molecule has 142 valence electrons. The Labute approximate surface area is 155 Å². The number of hydrogen-bond donors (Lipinski definition) is 2. The fourth-order valence-corrected chi connectivity index (χ4v) is 2.41. The highest BCUT2D eigenvalue weighted by molar-refractivity contribution is 5.82. The van der Waals surface area contributed by atoms with Crippen molar-refractivity contribution in [2.45, 2.75) is 0 Å². The topological polar surface area (TPSA) is 163 Å². The Morgan fingerprint density at radius 3 is 2.75 bits per heavy atom. The van der Waals surface area contributed by atoms with Crippen molar-refractivity contribution in [3.05, 3.63) is 79.0 Å². The number of primary amides is 1. The minimum absolute atomic E-state index is 0.151. The average Bonchev–Trinajstić information content (AvgIpc) is 2.66. The van der Waals surface area contributed by atoms with Crippen LogP contribution in [0.25, 0.3) is 10.9 Å². The van der Waals surface area contributed by atoms with Crippen LogP contribution >= 0.6 is 0 Å². The maximum absolute atomic E-state index is 12.4. The van der Waals surface area contributed by atoms with Crippen molar-refractivity contribution in [3.63, 3.8) is 0 Å². The number of nitrogens with one attached hydrogen (secondary N) is 1. The number of para-hydroxylation sites is 1. The number of benzene rings is 2. The zero-order valence-electron chi connectivity index (χ0n) is 14.2. The van der Waals surface area contributed by atoms with Crippen molar-refractivity contribution in [3.8, 4) is 5.75 Å². The van der Waals surface area contributed by atoms with Crippen molar-refractivity contribution in [1.82, 2.24) is 9.66 Å². The van der Waals surface area contributed by atoms with Crippen LogP contribution in [0.15, 0.2) is 57.2 Å². The molecule has 0 bridgehead atoms. The van der Waals surface area contributed by atoms with Gasteiger partial charge in [-0.3, -0.25) is 19.7 Å². The Balaban J connectivity index is 1.99. The molecule has 0 atom stereocenters. The summed E-state index contributed by atoms with van der Waals surface area (Å²) in [7, 11) is 0. The lowest BCUT2D eigenvalue weighted by atomic mass is 10.2. The van der Waals surface area contributed by atoms with Gasteiger partial charge in [0, 0.05) is 11.6 Å². The smallest absolute Gasteiger partial charge is 0.349 e. The number of hydrogen-bond acceptors (Lipinski definition) is 7. The Kier molecular flexibility index (Phi) is 4.98. The first kappa shape index (κ1) is 18.5. The molecule has 11 heteroatoms. The molecule has 0 aliphatic rings. The molecule has 0 unspecified atom stereocenters. The second kappa shape index (κ2) is 7.53. The fraction of sp³-hybridized carbons (Fsp3) is 0.0588. The summed E-state index contributed by atoms with van der Waals surface area (Å²) in [6.07, 6.45) is 1.12. The van der Waals surface area contributed by atoms with E-state index in [1.165, 1.54) is 18.2 Å². The summed E-state index contributed by atoms with van der Waals surface area (Å²) in [4.78, 5) is 48.3. The monoisotopic (exact) mass is 383 g/mol. The predicted molar refractivity (Wildman–Crippen MR) is 99.6 cm³/mol. The molecule has 0 saturated heterocycles. The van der Waals surface area contributed by atoms with Gasteiger partial charge < -0.3 is 15.5 Å². The molecule has 0 spiro atoms. The number of ether oxygens (including phenoxy) is 1. The van der Waals surface area contributed by atoms with E-state index in [-0.39, 0.29) is 16.7 Å². The summed E-state index contributed by atoms with van der Waals surface area (Å²) in [6, 6.07) is 10.2. The number of rotatable bonds is 6. The third-order valence-corrected chi connectivity index (χ3v) is 3.66. The first-order chi connectivity index (χ1) is 13.4. The van der Waals surface area contributed by atoms with E-state index in [2.05, 4.69) is 10.1 Å². The Hall–Kier alpha value is -4.28. The number of nitro benzene ring substituents is 1. The number of nitrogens with zero attached hydrogens (tertiary/aromatic N) is 3. The maximum Gasteiger partial charge on any atom is 0.349 e. The Morgan fingerprint density at radius 2 is 2.04 bits per heavy atom. The molecule has 0 radical (unpaired) electrons. The van der Waals surface area contributed by atoms with E-state index in [1.54, 1.807) is 18.2 Å². The van der Waals surface area contributed by atoms with Gasteiger partial charge >= 0.3 is 11.4 Å². The highest BCUT2D eigenvalue weighted by Gasteiger charge is 2.16. The number of H-pyrrole nitrogens is 1. The number of carbonyl (C=O) groups excluding carboxylic acids is 1. The third kappa shape index (κ3) is 3.77. The summed E-state index contributed by atoms with van der Waals surface area (Å²) >= 11 is 0. The van der Waals surface area contributed by atoms with E-state index in [0.29, 0.717) is 10.2 Å². The van der Waals surface area contributed by atoms with Gasteiger partial charge in [-0.15, -0.1) is 4.68 Å². The molecule has 1 heterocycles. The van der Waals surface area contributed by atoms with E-state index >= 15 is 0 Å². The van der Waals surface area contributed by atoms with Crippen molar-refractivity contribution in [1.29, 1.82) is 0 Å². The van der Waals surface area contributed by atoms with Gasteiger partial charge in [0.2, 0.25) is 0 Å². The van der Waals surface area contributed by atoms with E-state index in [1.807, 2.05) is 0 Å². The Bertz CT molecular complexity index is 1230. The van der Waals surface area contributed by atoms with Gasteiger partial charge in [-0.05, 0) is 24.3 Å². The van der Waals surface area contributed by atoms with Crippen molar-refractivity contribution in [2.24, 2.45) is 10.8 Å². The fourth-order valence-electron chi connectivity index (χ4n) is 2.41. The van der Waals surface area contributed by atoms with Gasteiger partial charge in [-0.1, -0.05) is 12.1 Å². The predicted octanol–water partition coefficient (Wildman–Crippen LogP) is 0.344. The van der Waals surface area contributed by atoms with Crippen LogP contribution in [0.2, 0.25) is 0 Å². The zero-order valence-corrected chi connectivity index (χ0v) is 14.2. The molecule has 1 aromatic heterocycles. The Morgan fingerprint density at radius 1 is 1.29 bits per heavy atom. The van der Waals surface area contributed by atoms with Crippen molar-refractivity contribution in [2.75, 3.05) is 6.61 Å².